The molecule has 25 heavy (non-hydrogen) atoms. The SMILES string of the molecule is O=C(N[C@@H](NC[C@@H]1CCCO1)C(Cl)(Cl)Cl)c1cccc2ccccc12. The molecular weight excluding hydrogens is 383 g/mol. The van der Waals surface area contributed by atoms with E-state index in [4.69, 9.17) is 39.5 Å². The Morgan fingerprint density at radius 2 is 1.96 bits per heavy atom. The quantitative estimate of drug-likeness (QED) is 0.587. The normalized spacial score (nSPS) is 19.1. The van der Waals surface area contributed by atoms with Crippen molar-refractivity contribution in [3.05, 3.63) is 48.0 Å². The molecule has 1 aliphatic heterocycles. The monoisotopic (exact) mass is 400 g/mol. The van der Waals surface area contributed by atoms with Crippen LogP contribution < -0.4 is 10.6 Å². The summed E-state index contributed by atoms with van der Waals surface area (Å²) in [5, 5.41) is 7.72. The number of nitrogens with one attached hydrogen (secondary N) is 2. The molecule has 0 radical (unpaired) electrons. The molecule has 1 fully saturated rings. The molecule has 0 saturated carbocycles. The zero-order valence-corrected chi connectivity index (χ0v) is 15.7. The van der Waals surface area contributed by atoms with Gasteiger partial charge in [-0.25, -0.2) is 0 Å². The second-order valence-electron chi connectivity index (χ2n) is 6.02. The number of rotatable bonds is 5. The van der Waals surface area contributed by atoms with Gasteiger partial charge in [0.05, 0.1) is 6.10 Å². The number of fused-ring (bicyclic) bond motifs is 1. The highest BCUT2D eigenvalue weighted by molar-refractivity contribution is 6.68. The van der Waals surface area contributed by atoms with Crippen LogP contribution in [0.3, 0.4) is 0 Å². The van der Waals surface area contributed by atoms with Gasteiger partial charge in [0.15, 0.2) is 0 Å². The zero-order valence-electron chi connectivity index (χ0n) is 13.5. The smallest absolute Gasteiger partial charge is 0.253 e. The first kappa shape index (κ1) is 18.7. The van der Waals surface area contributed by atoms with E-state index in [0.29, 0.717) is 12.1 Å². The van der Waals surface area contributed by atoms with Crippen LogP contribution in [0.2, 0.25) is 0 Å². The van der Waals surface area contributed by atoms with Gasteiger partial charge in [-0.1, -0.05) is 71.2 Å². The number of amides is 1. The van der Waals surface area contributed by atoms with Gasteiger partial charge in [-0.2, -0.15) is 0 Å². The number of ether oxygens (including phenoxy) is 1. The van der Waals surface area contributed by atoms with Crippen molar-refractivity contribution in [3.63, 3.8) is 0 Å². The van der Waals surface area contributed by atoms with Crippen molar-refractivity contribution >= 4 is 51.5 Å². The van der Waals surface area contributed by atoms with E-state index in [-0.39, 0.29) is 12.0 Å². The lowest BCUT2D eigenvalue weighted by Crippen LogP contribution is -2.55. The van der Waals surface area contributed by atoms with E-state index in [9.17, 15) is 4.79 Å². The Bertz CT molecular complexity index is 737. The Labute approximate surface area is 161 Å². The Kier molecular flexibility index (Phi) is 6.08. The molecule has 4 nitrogen and oxygen atoms in total. The van der Waals surface area contributed by atoms with Crippen LogP contribution in [0.4, 0.5) is 0 Å². The standard InChI is InChI=1S/C18H19Cl3N2O2/c19-18(20,21)17(22-11-13-7-4-10-25-13)23-16(24)15-9-3-6-12-5-1-2-8-14(12)15/h1-3,5-6,8-9,13,17,22H,4,7,10-11H2,(H,23,24)/t13-,17+/m0/s1. The fraction of sp³-hybridized carbons (Fsp3) is 0.389. The van der Waals surface area contributed by atoms with Gasteiger partial charge in [0.25, 0.3) is 5.91 Å². The average Bonchev–Trinajstić information content (AvgIpc) is 3.10. The summed E-state index contributed by atoms with van der Waals surface area (Å²) < 4.78 is 3.88. The predicted octanol–water partition coefficient (Wildman–Crippen LogP) is 4.03. The third kappa shape index (κ3) is 4.78. The Morgan fingerprint density at radius 3 is 2.68 bits per heavy atom. The second kappa shape index (κ2) is 8.11. The highest BCUT2D eigenvalue weighted by Crippen LogP contribution is 2.30. The maximum absolute atomic E-state index is 12.8. The van der Waals surface area contributed by atoms with E-state index in [2.05, 4.69) is 10.6 Å². The van der Waals surface area contributed by atoms with Crippen molar-refractivity contribution in [2.45, 2.75) is 28.9 Å². The van der Waals surface area contributed by atoms with E-state index < -0.39 is 9.96 Å². The topological polar surface area (TPSA) is 50.4 Å². The van der Waals surface area contributed by atoms with E-state index >= 15 is 0 Å². The van der Waals surface area contributed by atoms with Gasteiger partial charge < -0.3 is 10.1 Å². The highest BCUT2D eigenvalue weighted by atomic mass is 35.6. The first-order valence-corrected chi connectivity index (χ1v) is 9.29. The van der Waals surface area contributed by atoms with Crippen molar-refractivity contribution in [1.82, 2.24) is 10.6 Å². The lowest BCUT2D eigenvalue weighted by molar-refractivity contribution is 0.0898. The molecule has 1 heterocycles. The molecule has 3 rings (SSSR count). The van der Waals surface area contributed by atoms with E-state index in [1.165, 1.54) is 0 Å². The average molecular weight is 402 g/mol. The van der Waals surface area contributed by atoms with Crippen LogP contribution in [0.15, 0.2) is 42.5 Å². The molecule has 2 atom stereocenters. The van der Waals surface area contributed by atoms with Crippen LogP contribution in [-0.2, 0) is 4.74 Å². The molecule has 0 unspecified atom stereocenters. The van der Waals surface area contributed by atoms with Gasteiger partial charge in [-0.3, -0.25) is 10.1 Å². The summed E-state index contributed by atoms with van der Waals surface area (Å²) in [4.78, 5) is 12.8. The number of alkyl halides is 3. The molecule has 0 bridgehead atoms. The molecule has 1 amide bonds. The first-order valence-electron chi connectivity index (χ1n) is 8.15. The van der Waals surface area contributed by atoms with Gasteiger partial charge in [0, 0.05) is 18.7 Å². The summed E-state index contributed by atoms with van der Waals surface area (Å²) in [6.45, 7) is 1.25. The maximum atomic E-state index is 12.8. The minimum atomic E-state index is -1.68. The number of halogens is 3. The predicted molar refractivity (Wildman–Crippen MR) is 102 cm³/mol. The third-order valence-corrected chi connectivity index (χ3v) is 4.87. The van der Waals surface area contributed by atoms with Crippen molar-refractivity contribution in [3.8, 4) is 0 Å². The van der Waals surface area contributed by atoms with Crippen molar-refractivity contribution in [2.24, 2.45) is 0 Å². The third-order valence-electron chi connectivity index (χ3n) is 4.21. The van der Waals surface area contributed by atoms with Gasteiger partial charge in [-0.15, -0.1) is 0 Å². The fourth-order valence-corrected chi connectivity index (χ4v) is 3.33. The molecule has 0 aliphatic carbocycles. The Balaban J connectivity index is 1.74. The fourth-order valence-electron chi connectivity index (χ4n) is 2.94. The van der Waals surface area contributed by atoms with E-state index in [0.717, 1.165) is 30.2 Å². The number of carbonyl (C=O) groups excluding carboxylic acids is 1. The molecule has 0 spiro atoms. The minimum absolute atomic E-state index is 0.0734. The van der Waals surface area contributed by atoms with Gasteiger partial charge in [0.1, 0.15) is 6.17 Å². The van der Waals surface area contributed by atoms with Gasteiger partial charge in [0.2, 0.25) is 3.79 Å². The Hall–Kier alpha value is -1.04. The summed E-state index contributed by atoms with van der Waals surface area (Å²) in [5.74, 6) is -0.298. The molecule has 1 saturated heterocycles. The van der Waals surface area contributed by atoms with Crippen LogP contribution in [0.25, 0.3) is 10.8 Å². The molecular formula is C18H19Cl3N2O2. The number of hydrogen-bond acceptors (Lipinski definition) is 3. The van der Waals surface area contributed by atoms with Gasteiger partial charge >= 0.3 is 0 Å². The molecule has 134 valence electrons. The van der Waals surface area contributed by atoms with Crippen molar-refractivity contribution in [2.75, 3.05) is 13.2 Å². The number of hydrogen-bond donors (Lipinski definition) is 2. The summed E-state index contributed by atoms with van der Waals surface area (Å²) in [6.07, 6.45) is 1.22. The summed E-state index contributed by atoms with van der Waals surface area (Å²) in [5.41, 5.74) is 0.538. The van der Waals surface area contributed by atoms with E-state index in [1.54, 1.807) is 6.07 Å². The van der Waals surface area contributed by atoms with Crippen molar-refractivity contribution < 1.29 is 9.53 Å². The van der Waals surface area contributed by atoms with Crippen LogP contribution in [0.1, 0.15) is 23.2 Å². The summed E-state index contributed by atoms with van der Waals surface area (Å²) >= 11 is 18.1. The number of benzene rings is 2. The second-order valence-corrected chi connectivity index (χ2v) is 8.39. The van der Waals surface area contributed by atoms with Crippen LogP contribution in [0, 0.1) is 0 Å². The molecule has 2 aromatic carbocycles. The van der Waals surface area contributed by atoms with E-state index in [1.807, 2.05) is 36.4 Å². The molecule has 0 aromatic heterocycles. The lowest BCUT2D eigenvalue weighted by atomic mass is 10.0. The Morgan fingerprint density at radius 1 is 1.20 bits per heavy atom. The largest absolute Gasteiger partial charge is 0.377 e. The molecule has 2 N–H and O–H groups in total. The minimum Gasteiger partial charge on any atom is -0.377 e. The van der Waals surface area contributed by atoms with Crippen LogP contribution in [0.5, 0.6) is 0 Å². The molecule has 1 aliphatic rings. The first-order chi connectivity index (χ1) is 11.9. The molecule has 7 heteroatoms. The maximum Gasteiger partial charge on any atom is 0.253 e. The van der Waals surface area contributed by atoms with Crippen LogP contribution >= 0.6 is 34.8 Å². The molecule has 2 aromatic rings. The van der Waals surface area contributed by atoms with Gasteiger partial charge in [-0.05, 0) is 29.7 Å². The van der Waals surface area contributed by atoms with Crippen molar-refractivity contribution in [1.29, 1.82) is 0 Å². The summed E-state index contributed by atoms with van der Waals surface area (Å²) in [6, 6.07) is 13.2. The van der Waals surface area contributed by atoms with Crippen LogP contribution in [-0.4, -0.2) is 35.1 Å². The zero-order chi connectivity index (χ0) is 17.9. The summed E-state index contributed by atoms with van der Waals surface area (Å²) in [7, 11) is 0. The number of carbonyl (C=O) groups is 1. The highest BCUT2D eigenvalue weighted by Gasteiger charge is 2.34. The lowest BCUT2D eigenvalue weighted by Gasteiger charge is -2.28.